The first kappa shape index (κ1) is 14.3. The van der Waals surface area contributed by atoms with Crippen LogP contribution >= 0.6 is 11.8 Å². The van der Waals surface area contributed by atoms with Crippen LogP contribution in [-0.4, -0.2) is 35.3 Å². The van der Waals surface area contributed by atoms with Crippen molar-refractivity contribution in [1.82, 2.24) is 5.32 Å². The molecule has 1 rings (SSSR count). The van der Waals surface area contributed by atoms with E-state index in [2.05, 4.69) is 30.9 Å². The van der Waals surface area contributed by atoms with Gasteiger partial charge in [-0.3, -0.25) is 0 Å². The van der Waals surface area contributed by atoms with Crippen LogP contribution in [0, 0.1) is 5.92 Å². The van der Waals surface area contributed by atoms with Gasteiger partial charge < -0.3 is 10.4 Å². The summed E-state index contributed by atoms with van der Waals surface area (Å²) < 4.78 is 0. The maximum Gasteiger partial charge on any atom is 0.0615 e. The summed E-state index contributed by atoms with van der Waals surface area (Å²) in [5.41, 5.74) is 0.0238. The highest BCUT2D eigenvalue weighted by molar-refractivity contribution is 7.99. The van der Waals surface area contributed by atoms with Crippen LogP contribution in [-0.2, 0) is 0 Å². The predicted octanol–water partition coefficient (Wildman–Crippen LogP) is 2.66. The monoisotopic (exact) mass is 245 g/mol. The lowest BCUT2D eigenvalue weighted by Gasteiger charge is -2.33. The summed E-state index contributed by atoms with van der Waals surface area (Å²) in [5, 5.41) is 13.7. The molecule has 3 unspecified atom stereocenters. The molecular weight excluding hydrogens is 218 g/mol. The van der Waals surface area contributed by atoms with Gasteiger partial charge >= 0.3 is 0 Å². The highest BCUT2D eigenvalue weighted by Crippen LogP contribution is 2.38. The van der Waals surface area contributed by atoms with Crippen molar-refractivity contribution < 1.29 is 5.11 Å². The number of thioether (sulfide) groups is 1. The normalized spacial score (nSPS) is 31.9. The first-order valence-corrected chi connectivity index (χ1v) is 7.64. The quantitative estimate of drug-likeness (QED) is 0.723. The summed E-state index contributed by atoms with van der Waals surface area (Å²) in [5.74, 6) is 1.90. The maximum absolute atomic E-state index is 9.57. The molecule has 0 aromatic rings. The molecule has 3 atom stereocenters. The summed E-state index contributed by atoms with van der Waals surface area (Å²) in [4.78, 5) is 0. The average Bonchev–Trinajstić information content (AvgIpc) is 2.72. The van der Waals surface area contributed by atoms with E-state index in [0.717, 1.165) is 11.7 Å². The minimum atomic E-state index is 0.0238. The summed E-state index contributed by atoms with van der Waals surface area (Å²) in [6.45, 7) is 4.84. The van der Waals surface area contributed by atoms with Crippen molar-refractivity contribution >= 4 is 11.8 Å². The van der Waals surface area contributed by atoms with Crippen molar-refractivity contribution in [3.05, 3.63) is 0 Å². The van der Waals surface area contributed by atoms with Crippen LogP contribution in [0.1, 0.15) is 46.0 Å². The smallest absolute Gasteiger partial charge is 0.0615 e. The van der Waals surface area contributed by atoms with E-state index in [1.807, 2.05) is 7.05 Å². The SMILES string of the molecule is CCC(C)SCCC1CCCC1(CO)NC. The van der Waals surface area contributed by atoms with E-state index < -0.39 is 0 Å². The average molecular weight is 245 g/mol. The molecule has 96 valence electrons. The molecule has 16 heavy (non-hydrogen) atoms. The largest absolute Gasteiger partial charge is 0.394 e. The Bertz CT molecular complexity index is 194. The fourth-order valence-electron chi connectivity index (χ4n) is 2.71. The molecule has 1 saturated carbocycles. The Hall–Kier alpha value is 0.270. The summed E-state index contributed by atoms with van der Waals surface area (Å²) in [7, 11) is 2.00. The van der Waals surface area contributed by atoms with E-state index in [4.69, 9.17) is 0 Å². The highest BCUT2D eigenvalue weighted by Gasteiger charge is 2.40. The maximum atomic E-state index is 9.57. The van der Waals surface area contributed by atoms with Gasteiger partial charge in [0.15, 0.2) is 0 Å². The zero-order valence-electron chi connectivity index (χ0n) is 11.0. The minimum absolute atomic E-state index is 0.0238. The highest BCUT2D eigenvalue weighted by atomic mass is 32.2. The third-order valence-electron chi connectivity index (χ3n) is 4.18. The van der Waals surface area contributed by atoms with E-state index in [9.17, 15) is 5.11 Å². The molecule has 0 aromatic heterocycles. The molecule has 0 bridgehead atoms. The van der Waals surface area contributed by atoms with Crippen molar-refractivity contribution in [2.75, 3.05) is 19.4 Å². The third-order valence-corrected chi connectivity index (χ3v) is 5.55. The predicted molar refractivity (Wildman–Crippen MR) is 73.0 cm³/mol. The van der Waals surface area contributed by atoms with Crippen LogP contribution in [0.3, 0.4) is 0 Å². The first-order valence-electron chi connectivity index (χ1n) is 6.60. The molecule has 0 radical (unpaired) electrons. The van der Waals surface area contributed by atoms with Crippen LogP contribution in [0.15, 0.2) is 0 Å². The Morgan fingerprint density at radius 3 is 2.88 bits per heavy atom. The topological polar surface area (TPSA) is 32.3 Å². The number of hydrogen-bond acceptors (Lipinski definition) is 3. The van der Waals surface area contributed by atoms with Crippen LogP contribution in [0.2, 0.25) is 0 Å². The number of aliphatic hydroxyl groups excluding tert-OH is 1. The molecule has 0 spiro atoms. The zero-order valence-corrected chi connectivity index (χ0v) is 11.8. The molecule has 3 heteroatoms. The molecule has 2 N–H and O–H groups in total. The number of hydrogen-bond donors (Lipinski definition) is 2. The fraction of sp³-hybridized carbons (Fsp3) is 1.00. The van der Waals surface area contributed by atoms with E-state index in [-0.39, 0.29) is 5.54 Å². The van der Waals surface area contributed by atoms with Gasteiger partial charge in [0.1, 0.15) is 0 Å². The van der Waals surface area contributed by atoms with E-state index in [1.165, 1.54) is 31.4 Å². The molecule has 1 aliphatic rings. The van der Waals surface area contributed by atoms with E-state index >= 15 is 0 Å². The van der Waals surface area contributed by atoms with Crippen molar-refractivity contribution in [2.45, 2.75) is 56.7 Å². The standard InChI is InChI=1S/C13H27NOS/c1-4-11(2)16-9-7-12-6-5-8-13(12,10-15)14-3/h11-12,14-15H,4-10H2,1-3H3. The minimum Gasteiger partial charge on any atom is -0.394 e. The third kappa shape index (κ3) is 3.38. The molecule has 0 aliphatic heterocycles. The molecule has 0 amide bonds. The van der Waals surface area contributed by atoms with Crippen molar-refractivity contribution in [3.8, 4) is 0 Å². The van der Waals surface area contributed by atoms with Gasteiger partial charge in [0.25, 0.3) is 0 Å². The van der Waals surface area contributed by atoms with Crippen LogP contribution in [0.5, 0.6) is 0 Å². The van der Waals surface area contributed by atoms with Gasteiger partial charge in [0.2, 0.25) is 0 Å². The lowest BCUT2D eigenvalue weighted by Crippen LogP contribution is -2.49. The molecule has 0 heterocycles. The Labute approximate surface area is 105 Å². The Morgan fingerprint density at radius 1 is 1.56 bits per heavy atom. The van der Waals surface area contributed by atoms with Gasteiger partial charge in [-0.1, -0.05) is 20.3 Å². The van der Waals surface area contributed by atoms with E-state index in [0.29, 0.717) is 12.5 Å². The lowest BCUT2D eigenvalue weighted by atomic mass is 9.86. The molecule has 0 saturated heterocycles. The van der Waals surface area contributed by atoms with Gasteiger partial charge in [0, 0.05) is 10.8 Å². The number of aliphatic hydroxyl groups is 1. The van der Waals surface area contributed by atoms with Crippen molar-refractivity contribution in [2.24, 2.45) is 5.92 Å². The van der Waals surface area contributed by atoms with Crippen LogP contribution < -0.4 is 5.32 Å². The van der Waals surface area contributed by atoms with Gasteiger partial charge in [-0.15, -0.1) is 0 Å². The van der Waals surface area contributed by atoms with Crippen molar-refractivity contribution in [3.63, 3.8) is 0 Å². The van der Waals surface area contributed by atoms with Crippen LogP contribution in [0.4, 0.5) is 0 Å². The van der Waals surface area contributed by atoms with E-state index in [1.54, 1.807) is 0 Å². The Balaban J connectivity index is 2.35. The molecular formula is C13H27NOS. The summed E-state index contributed by atoms with van der Waals surface area (Å²) in [6.07, 6.45) is 6.18. The zero-order chi connectivity index (χ0) is 12.0. The molecule has 1 fully saturated rings. The molecule has 0 aromatic carbocycles. The molecule has 2 nitrogen and oxygen atoms in total. The lowest BCUT2D eigenvalue weighted by molar-refractivity contribution is 0.130. The Kier molecular flexibility index (Phi) is 6.16. The van der Waals surface area contributed by atoms with Gasteiger partial charge in [-0.05, 0) is 44.4 Å². The first-order chi connectivity index (χ1) is 7.68. The number of rotatable bonds is 7. The summed E-state index contributed by atoms with van der Waals surface area (Å²) in [6, 6.07) is 0. The number of likely N-dealkylation sites (N-methyl/N-ethyl adjacent to an activating group) is 1. The number of nitrogens with one attached hydrogen (secondary N) is 1. The second-order valence-electron chi connectivity index (χ2n) is 5.03. The second-order valence-corrected chi connectivity index (χ2v) is 6.58. The van der Waals surface area contributed by atoms with Gasteiger partial charge in [0.05, 0.1) is 6.61 Å². The fourth-order valence-corrected chi connectivity index (χ4v) is 3.77. The second kappa shape index (κ2) is 6.87. The van der Waals surface area contributed by atoms with Crippen molar-refractivity contribution in [1.29, 1.82) is 0 Å². The van der Waals surface area contributed by atoms with Crippen LogP contribution in [0.25, 0.3) is 0 Å². The molecule has 1 aliphatic carbocycles. The van der Waals surface area contributed by atoms with Gasteiger partial charge in [-0.25, -0.2) is 0 Å². The Morgan fingerprint density at radius 2 is 2.31 bits per heavy atom. The summed E-state index contributed by atoms with van der Waals surface area (Å²) >= 11 is 2.08. The van der Waals surface area contributed by atoms with Gasteiger partial charge in [-0.2, -0.15) is 11.8 Å².